The predicted molar refractivity (Wildman–Crippen MR) is 104 cm³/mol. The molecule has 1 fully saturated rings. The van der Waals surface area contributed by atoms with Crippen LogP contribution in [0.4, 0.5) is 5.13 Å². The van der Waals surface area contributed by atoms with Crippen molar-refractivity contribution in [1.82, 2.24) is 15.2 Å². The average molecular weight is 477 g/mol. The number of carboxylic acids is 1. The van der Waals surface area contributed by atoms with Gasteiger partial charge >= 0.3 is 35.5 Å². The van der Waals surface area contributed by atoms with Gasteiger partial charge in [0.25, 0.3) is 11.8 Å². The molecule has 12 nitrogen and oxygen atoms in total. The van der Waals surface area contributed by atoms with Crippen LogP contribution in [0.5, 0.6) is 0 Å². The summed E-state index contributed by atoms with van der Waals surface area (Å²) in [5.74, 6) is -3.35. The number of carbonyl (C=O) groups excluding carboxylic acids is 4. The van der Waals surface area contributed by atoms with E-state index >= 15 is 0 Å². The monoisotopic (exact) mass is 477 g/mol. The predicted octanol–water partition coefficient (Wildman–Crippen LogP) is -4.95. The molecule has 2 atom stereocenters. The van der Waals surface area contributed by atoms with Gasteiger partial charge in [-0.3, -0.25) is 19.3 Å². The fourth-order valence-corrected chi connectivity index (χ4v) is 4.75. The first-order chi connectivity index (χ1) is 14.2. The van der Waals surface area contributed by atoms with E-state index in [0.717, 1.165) is 16.2 Å². The van der Waals surface area contributed by atoms with Crippen LogP contribution in [-0.2, 0) is 28.8 Å². The van der Waals surface area contributed by atoms with Crippen LogP contribution < -0.4 is 45.7 Å². The number of aliphatic carboxylic acids is 1. The van der Waals surface area contributed by atoms with Crippen molar-refractivity contribution in [2.75, 3.05) is 25.2 Å². The largest absolute Gasteiger partial charge is 1.00 e. The molecular formula is C16H16N5NaO7S2. The number of fused-ring (bicyclic) bond motifs is 1. The third-order valence-electron chi connectivity index (χ3n) is 4.14. The number of β-lactam (4-membered cyclic amide) rings is 1. The van der Waals surface area contributed by atoms with E-state index < -0.39 is 35.2 Å². The third kappa shape index (κ3) is 5.20. The van der Waals surface area contributed by atoms with Gasteiger partial charge in [-0.05, 0) is 0 Å². The van der Waals surface area contributed by atoms with Gasteiger partial charge in [0.1, 0.15) is 30.8 Å². The fourth-order valence-electron chi connectivity index (χ4n) is 2.87. The van der Waals surface area contributed by atoms with Crippen molar-refractivity contribution in [3.8, 4) is 0 Å². The first-order valence-electron chi connectivity index (χ1n) is 8.39. The minimum atomic E-state index is -1.57. The maximum Gasteiger partial charge on any atom is 1.00 e. The Labute approximate surface area is 206 Å². The second kappa shape index (κ2) is 10.5. The van der Waals surface area contributed by atoms with Gasteiger partial charge in [-0.15, -0.1) is 23.1 Å². The Morgan fingerprint density at radius 1 is 1.45 bits per heavy atom. The molecule has 1 saturated heterocycles. The number of anilines is 1. The van der Waals surface area contributed by atoms with Crippen molar-refractivity contribution in [1.29, 1.82) is 0 Å². The fraction of sp³-hybridized carbons (Fsp3) is 0.375. The van der Waals surface area contributed by atoms with E-state index in [-0.39, 0.29) is 69.7 Å². The van der Waals surface area contributed by atoms with E-state index in [4.69, 9.17) is 10.5 Å². The van der Waals surface area contributed by atoms with Gasteiger partial charge in [0.05, 0.1) is 11.7 Å². The Hall–Kier alpha value is -2.13. The number of aromatic nitrogens is 1. The van der Waals surface area contributed by atoms with E-state index in [1.165, 1.54) is 31.2 Å². The first kappa shape index (κ1) is 25.1. The van der Waals surface area contributed by atoms with Gasteiger partial charge < -0.3 is 30.5 Å². The minimum Gasteiger partial charge on any atom is -0.543 e. The van der Waals surface area contributed by atoms with Gasteiger partial charge in [0, 0.05) is 23.6 Å². The molecule has 0 saturated carbocycles. The topological polar surface area (TPSA) is 176 Å². The molecule has 1 aromatic heterocycles. The van der Waals surface area contributed by atoms with Crippen LogP contribution >= 0.6 is 23.1 Å². The Morgan fingerprint density at radius 3 is 2.71 bits per heavy atom. The number of nitrogens with two attached hydrogens (primary N) is 1. The number of amides is 2. The van der Waals surface area contributed by atoms with Crippen molar-refractivity contribution in [2.45, 2.75) is 18.3 Å². The molecule has 31 heavy (non-hydrogen) atoms. The third-order valence-corrected chi connectivity index (χ3v) is 6.15. The molecule has 3 heterocycles. The quantitative estimate of drug-likeness (QED) is 0.127. The molecule has 160 valence electrons. The number of esters is 1. The number of hydrogen-bond acceptors (Lipinski definition) is 12. The number of oxime groups is 1. The zero-order valence-electron chi connectivity index (χ0n) is 16.7. The number of rotatable bonds is 7. The Kier molecular flexibility index (Phi) is 8.48. The molecule has 1 aromatic rings. The summed E-state index contributed by atoms with van der Waals surface area (Å²) in [6.07, 6.45) is 0. The van der Waals surface area contributed by atoms with Crippen LogP contribution in [0.3, 0.4) is 0 Å². The molecule has 2 amide bonds. The first-order valence-corrected chi connectivity index (χ1v) is 10.3. The normalized spacial score (nSPS) is 20.3. The standard InChI is InChI=1S/C16H17N5O7S2.Na/c1-6(22)28-3-7-4-29-14-10(13(24)21(14)11(7)15(25)26)19-12(23)9(20-27-2)8-5-30-16(17)18-8;/h5,10,14H,3-4H2,1-2H3,(H2,17,18)(H,19,23)(H,25,26);/q;+1/p-1/b20-9-;/t10-,14?;/m0./s1. The molecule has 1 unspecified atom stereocenters. The van der Waals surface area contributed by atoms with Crippen LogP contribution in [0.2, 0.25) is 0 Å². The summed E-state index contributed by atoms with van der Waals surface area (Å²) in [6, 6.07) is -0.995. The number of nitrogen functional groups attached to an aromatic ring is 1. The van der Waals surface area contributed by atoms with Gasteiger partial charge in [0.2, 0.25) is 0 Å². The summed E-state index contributed by atoms with van der Waals surface area (Å²) in [7, 11) is 1.25. The van der Waals surface area contributed by atoms with Crippen LogP contribution in [0.25, 0.3) is 0 Å². The number of hydrogen-bond donors (Lipinski definition) is 2. The van der Waals surface area contributed by atoms with Gasteiger partial charge in [0.15, 0.2) is 10.8 Å². The summed E-state index contributed by atoms with van der Waals surface area (Å²) in [5.41, 5.74) is 5.46. The van der Waals surface area contributed by atoms with Crippen molar-refractivity contribution >= 4 is 57.7 Å². The van der Waals surface area contributed by atoms with Crippen LogP contribution in [-0.4, -0.2) is 70.2 Å². The molecule has 0 bridgehead atoms. The number of ether oxygens (including phenoxy) is 1. The van der Waals surface area contributed by atoms with Crippen molar-refractivity contribution in [3.63, 3.8) is 0 Å². The van der Waals surface area contributed by atoms with Gasteiger partial charge in [-0.25, -0.2) is 4.98 Å². The SMILES string of the molecule is CO/N=C(\C(=O)N[C@H]1C(=O)N2C(C(=O)[O-])=C(COC(C)=O)CSC12)c1csc(N)n1.[Na+]. The van der Waals surface area contributed by atoms with Crippen LogP contribution in [0.15, 0.2) is 21.8 Å². The molecule has 15 heteroatoms. The number of nitrogens with zero attached hydrogens (tertiary/aromatic N) is 3. The molecule has 2 aliphatic heterocycles. The molecule has 0 spiro atoms. The van der Waals surface area contributed by atoms with E-state index in [2.05, 4.69) is 20.3 Å². The smallest absolute Gasteiger partial charge is 0.543 e. The summed E-state index contributed by atoms with van der Waals surface area (Å²) in [6.45, 7) is 0.919. The summed E-state index contributed by atoms with van der Waals surface area (Å²) >= 11 is 2.32. The Bertz CT molecular complexity index is 979. The Morgan fingerprint density at radius 2 is 2.16 bits per heavy atom. The van der Waals surface area contributed by atoms with Crippen LogP contribution in [0.1, 0.15) is 12.6 Å². The summed E-state index contributed by atoms with van der Waals surface area (Å²) in [4.78, 5) is 57.5. The molecule has 2 aliphatic rings. The maximum absolute atomic E-state index is 12.6. The summed E-state index contributed by atoms with van der Waals surface area (Å²) < 4.78 is 4.85. The molecule has 0 aromatic carbocycles. The average Bonchev–Trinajstić information content (AvgIpc) is 3.13. The molecule has 0 aliphatic carbocycles. The zero-order chi connectivity index (χ0) is 22.0. The molecule has 0 radical (unpaired) electrons. The number of thioether (sulfide) groups is 1. The molecule has 3 rings (SSSR count). The number of thiazole rings is 1. The summed E-state index contributed by atoms with van der Waals surface area (Å²) in [5, 5.41) is 18.8. The zero-order valence-corrected chi connectivity index (χ0v) is 20.4. The maximum atomic E-state index is 12.6. The van der Waals surface area contributed by atoms with Crippen molar-refractivity contribution in [2.24, 2.45) is 5.16 Å². The van der Waals surface area contributed by atoms with Crippen LogP contribution in [0, 0.1) is 0 Å². The van der Waals surface area contributed by atoms with Gasteiger partial charge in [-0.2, -0.15) is 0 Å². The minimum absolute atomic E-state index is 0. The van der Waals surface area contributed by atoms with E-state index in [1.54, 1.807) is 0 Å². The number of carbonyl (C=O) groups is 4. The van der Waals surface area contributed by atoms with E-state index in [1.807, 2.05) is 0 Å². The Balaban J connectivity index is 0.00000341. The molecule has 3 N–H and O–H groups in total. The van der Waals surface area contributed by atoms with Crippen molar-refractivity contribution < 1.29 is 63.4 Å². The number of carboxylic acid groups (broad SMARTS) is 1. The second-order valence-corrected chi connectivity index (χ2v) is 8.07. The van der Waals surface area contributed by atoms with E-state index in [0.29, 0.717) is 0 Å². The van der Waals surface area contributed by atoms with Gasteiger partial charge in [-0.1, -0.05) is 5.16 Å². The van der Waals surface area contributed by atoms with E-state index in [9.17, 15) is 24.3 Å². The second-order valence-electron chi connectivity index (χ2n) is 6.07. The molecular weight excluding hydrogens is 461 g/mol. The van der Waals surface area contributed by atoms with Crippen molar-refractivity contribution in [3.05, 3.63) is 22.3 Å². The number of nitrogens with one attached hydrogen (secondary N) is 1.